The van der Waals surface area contributed by atoms with Gasteiger partial charge >= 0.3 is 0 Å². The van der Waals surface area contributed by atoms with Crippen LogP contribution in [0.25, 0.3) is 49.7 Å². The molecular formula is C67H70N2S. The number of fused-ring (bicyclic) bond motifs is 2. The van der Waals surface area contributed by atoms with E-state index in [1.807, 2.05) is 0 Å². The van der Waals surface area contributed by atoms with Crippen LogP contribution in [0.15, 0.2) is 194 Å². The van der Waals surface area contributed by atoms with Crippen LogP contribution in [0.1, 0.15) is 106 Å². The third kappa shape index (κ3) is 10.5. The van der Waals surface area contributed by atoms with E-state index in [4.69, 9.17) is 0 Å². The van der Waals surface area contributed by atoms with Crippen LogP contribution in [0.3, 0.4) is 0 Å². The van der Waals surface area contributed by atoms with Gasteiger partial charge in [0.2, 0.25) is 0 Å². The topological polar surface area (TPSA) is 15.3 Å². The average molecular weight is 935 g/mol. The number of allylic oxidation sites excluding steroid dienone is 8. The summed E-state index contributed by atoms with van der Waals surface area (Å²) in [7, 11) is 0. The summed E-state index contributed by atoms with van der Waals surface area (Å²) in [6, 6.07) is 52.4. The summed E-state index contributed by atoms with van der Waals surface area (Å²) in [6.45, 7) is 23.5. The third-order valence-electron chi connectivity index (χ3n) is 14.8. The fourth-order valence-corrected chi connectivity index (χ4v) is 11.4. The van der Waals surface area contributed by atoms with Crippen molar-refractivity contribution in [2.24, 2.45) is 0 Å². The van der Waals surface area contributed by atoms with Crippen molar-refractivity contribution in [2.75, 3.05) is 15.5 Å². The molecule has 0 radical (unpaired) electrons. The first-order valence-electron chi connectivity index (χ1n) is 25.5. The van der Waals surface area contributed by atoms with E-state index < -0.39 is 0 Å². The first-order valence-corrected chi connectivity index (χ1v) is 26.4. The largest absolute Gasteiger partial charge is 0.374 e. The zero-order valence-electron chi connectivity index (χ0n) is 42.8. The van der Waals surface area contributed by atoms with Crippen molar-refractivity contribution < 1.29 is 0 Å². The fourth-order valence-electron chi connectivity index (χ4n) is 10.5. The van der Waals surface area contributed by atoms with E-state index in [0.717, 1.165) is 35.5 Å². The Hall–Kier alpha value is -6.55. The molecule has 2 aliphatic rings. The van der Waals surface area contributed by atoms with Gasteiger partial charge in [-0.1, -0.05) is 181 Å². The SMILES string of the molecule is C=C1C=C(N(SCNc2ccc(CCCC)cc2C)c2ccc(-c3ccccc3)cc2)/C(c2cc(-c3ccccc3)cc3cc(C)c(-c4cc5c(cc4C)C(C)(C)CCC5(C)C)cc23)=C\C/C=C\C=C/1. The molecule has 0 saturated carbocycles. The molecular weight excluding hydrogens is 865 g/mol. The predicted octanol–water partition coefficient (Wildman–Crippen LogP) is 19.0. The van der Waals surface area contributed by atoms with E-state index in [1.54, 1.807) is 11.9 Å². The van der Waals surface area contributed by atoms with Crippen LogP contribution in [0.2, 0.25) is 0 Å². The van der Waals surface area contributed by atoms with Crippen molar-refractivity contribution in [3.05, 3.63) is 233 Å². The number of unbranched alkanes of at least 4 members (excludes halogenated alkanes) is 1. The van der Waals surface area contributed by atoms with Crippen LogP contribution in [0.5, 0.6) is 0 Å². The Morgan fingerprint density at radius 3 is 1.96 bits per heavy atom. The highest BCUT2D eigenvalue weighted by Gasteiger charge is 2.37. The molecule has 0 aliphatic heterocycles. The summed E-state index contributed by atoms with van der Waals surface area (Å²) in [4.78, 5) is 0. The molecule has 354 valence electrons. The Morgan fingerprint density at radius 1 is 0.629 bits per heavy atom. The van der Waals surface area contributed by atoms with Crippen LogP contribution < -0.4 is 9.62 Å². The van der Waals surface area contributed by atoms with E-state index in [9.17, 15) is 0 Å². The van der Waals surface area contributed by atoms with Crippen molar-refractivity contribution in [1.29, 1.82) is 0 Å². The first-order chi connectivity index (χ1) is 33.8. The van der Waals surface area contributed by atoms with Crippen molar-refractivity contribution in [2.45, 2.75) is 105 Å². The molecule has 0 bridgehead atoms. The molecule has 7 aromatic carbocycles. The molecule has 2 nitrogen and oxygen atoms in total. The second kappa shape index (κ2) is 20.8. The van der Waals surface area contributed by atoms with E-state index in [0.29, 0.717) is 5.88 Å². The lowest BCUT2D eigenvalue weighted by Crippen LogP contribution is -2.34. The summed E-state index contributed by atoms with van der Waals surface area (Å²) in [5.41, 5.74) is 22.6. The predicted molar refractivity (Wildman–Crippen MR) is 308 cm³/mol. The van der Waals surface area contributed by atoms with Gasteiger partial charge in [-0.2, -0.15) is 0 Å². The van der Waals surface area contributed by atoms with Gasteiger partial charge in [0.15, 0.2) is 0 Å². The van der Waals surface area contributed by atoms with E-state index >= 15 is 0 Å². The molecule has 9 rings (SSSR count). The molecule has 1 N–H and O–H groups in total. The number of rotatable bonds is 13. The van der Waals surface area contributed by atoms with E-state index in [2.05, 4.69) is 248 Å². The average Bonchev–Trinajstić information content (AvgIpc) is 3.36. The number of nitrogens with zero attached hydrogens (tertiary/aromatic N) is 1. The van der Waals surface area contributed by atoms with Crippen molar-refractivity contribution >= 4 is 39.7 Å². The minimum Gasteiger partial charge on any atom is -0.374 e. The van der Waals surface area contributed by atoms with Gasteiger partial charge in [-0.3, -0.25) is 4.31 Å². The molecule has 0 heterocycles. The van der Waals surface area contributed by atoms with Gasteiger partial charge in [0.05, 0.1) is 17.3 Å². The van der Waals surface area contributed by atoms with Gasteiger partial charge in [-0.05, 0) is 207 Å². The maximum absolute atomic E-state index is 4.65. The van der Waals surface area contributed by atoms with Gasteiger partial charge in [-0.25, -0.2) is 0 Å². The van der Waals surface area contributed by atoms with Crippen LogP contribution in [-0.2, 0) is 17.3 Å². The molecule has 0 atom stereocenters. The van der Waals surface area contributed by atoms with Gasteiger partial charge in [0.25, 0.3) is 0 Å². The molecule has 0 amide bonds. The molecule has 0 fully saturated rings. The molecule has 0 unspecified atom stereocenters. The van der Waals surface area contributed by atoms with Crippen molar-refractivity contribution in [3.63, 3.8) is 0 Å². The molecule has 2 aliphatic carbocycles. The quantitative estimate of drug-likeness (QED) is 0.0916. The summed E-state index contributed by atoms with van der Waals surface area (Å²) in [5, 5.41) is 6.31. The summed E-state index contributed by atoms with van der Waals surface area (Å²) in [5.74, 6) is 0.654. The molecule has 0 saturated heterocycles. The molecule has 0 aromatic heterocycles. The highest BCUT2D eigenvalue weighted by Crippen LogP contribution is 2.49. The van der Waals surface area contributed by atoms with Gasteiger partial charge in [-0.15, -0.1) is 0 Å². The fraction of sp³-hybridized carbons (Fsp3) is 0.254. The number of nitrogens with one attached hydrogen (secondary N) is 1. The van der Waals surface area contributed by atoms with Gasteiger partial charge in [0.1, 0.15) is 0 Å². The molecule has 7 aromatic rings. The minimum absolute atomic E-state index is 0.102. The smallest absolute Gasteiger partial charge is 0.0814 e. The molecule has 3 heteroatoms. The van der Waals surface area contributed by atoms with Gasteiger partial charge in [0, 0.05) is 11.3 Å². The number of hydrogen-bond donors (Lipinski definition) is 1. The maximum atomic E-state index is 4.65. The monoisotopic (exact) mass is 935 g/mol. The van der Waals surface area contributed by atoms with Crippen LogP contribution >= 0.6 is 11.9 Å². The maximum Gasteiger partial charge on any atom is 0.0814 e. The second-order valence-electron chi connectivity index (χ2n) is 20.9. The van der Waals surface area contributed by atoms with E-state index in [-0.39, 0.29) is 10.8 Å². The zero-order chi connectivity index (χ0) is 49.0. The molecule has 70 heavy (non-hydrogen) atoms. The molecule has 0 spiro atoms. The Balaban J connectivity index is 1.24. The Labute approximate surface area is 423 Å². The highest BCUT2D eigenvalue weighted by atomic mass is 32.2. The minimum atomic E-state index is 0.102. The van der Waals surface area contributed by atoms with Crippen molar-refractivity contribution in [3.8, 4) is 33.4 Å². The Kier molecular flexibility index (Phi) is 14.4. The highest BCUT2D eigenvalue weighted by molar-refractivity contribution is 8.00. The lowest BCUT2D eigenvalue weighted by Gasteiger charge is -2.42. The third-order valence-corrected chi connectivity index (χ3v) is 15.7. The first kappa shape index (κ1) is 48.5. The normalized spacial score (nSPS) is 16.9. The number of aryl methyl sites for hydroxylation is 4. The van der Waals surface area contributed by atoms with Gasteiger partial charge < -0.3 is 5.32 Å². The number of anilines is 2. The van der Waals surface area contributed by atoms with Crippen LogP contribution in [0.4, 0.5) is 11.4 Å². The Morgan fingerprint density at radius 2 is 1.27 bits per heavy atom. The standard InChI is InChI=1S/C67H70N2S/c1-10-11-23-50-29-34-64(49(5)38-50)68-45-70-69(56-32-30-53(31-33-56)51-24-17-14-18-25-51)65-37-46(2)22-16-12-13-21-28-57(65)61-42-54(52-26-19-15-20-27-52)41-55-39-47(3)58(43-60(55)61)59-44-63-62(40-48(59)4)66(6,7)35-36-67(63,8)9/h12-20,22,24-34,37-44,68H,2,10-11,21,23,35-36,45H2,1,3-9H3/b13-12-,22-16-,57-28-,65-37?. The lowest BCUT2D eigenvalue weighted by molar-refractivity contribution is 0.332. The number of benzene rings is 7. The summed E-state index contributed by atoms with van der Waals surface area (Å²) in [6.07, 6.45) is 20.0. The van der Waals surface area contributed by atoms with E-state index in [1.165, 1.54) is 114 Å². The Bertz CT molecular complexity index is 3160. The van der Waals surface area contributed by atoms with Crippen LogP contribution in [0, 0.1) is 20.8 Å². The zero-order valence-corrected chi connectivity index (χ0v) is 43.6. The summed E-state index contributed by atoms with van der Waals surface area (Å²) < 4.78 is 2.44. The number of hydrogen-bond acceptors (Lipinski definition) is 3. The lowest BCUT2D eigenvalue weighted by atomic mass is 9.62. The second-order valence-corrected chi connectivity index (χ2v) is 21.8. The van der Waals surface area contributed by atoms with Crippen molar-refractivity contribution in [1.82, 2.24) is 0 Å². The van der Waals surface area contributed by atoms with Crippen LogP contribution in [-0.4, -0.2) is 5.88 Å². The summed E-state index contributed by atoms with van der Waals surface area (Å²) >= 11 is 1.79.